The Kier molecular flexibility index (Phi) is 5.81. The summed E-state index contributed by atoms with van der Waals surface area (Å²) in [5, 5.41) is 25.2. The minimum atomic E-state index is 0.254. The van der Waals surface area contributed by atoms with Crippen LogP contribution in [0, 0.1) is 22.7 Å². The van der Waals surface area contributed by atoms with E-state index in [1.54, 1.807) is 10.8 Å². The number of hydrogen-bond acceptors (Lipinski definition) is 4. The largest absolute Gasteiger partial charge is 0.378 e. The Morgan fingerprint density at radius 1 is 1.03 bits per heavy atom. The molecule has 156 valence electrons. The van der Waals surface area contributed by atoms with E-state index >= 15 is 0 Å². The molecule has 4 aromatic rings. The number of hydrogen-bond donors (Lipinski definition) is 0. The van der Waals surface area contributed by atoms with Crippen LogP contribution in [0.4, 0.5) is 5.69 Å². The van der Waals surface area contributed by atoms with Gasteiger partial charge in [-0.1, -0.05) is 35.9 Å². The third-order valence-corrected chi connectivity index (χ3v) is 5.33. The molecule has 7 heteroatoms. The molecule has 4 rings (SSSR count). The van der Waals surface area contributed by atoms with Gasteiger partial charge in [-0.25, -0.2) is 4.68 Å². The molecule has 0 saturated heterocycles. The fraction of sp³-hybridized carbons (Fsp3) is 0.0800. The second-order valence-corrected chi connectivity index (χ2v) is 7.67. The standard InChI is InChI=1S/C25H19ClN6/c1-30(2)21-11-10-18(23(26)15-21)14-19(16-27)24-22(17-28)25(31-12-6-7-13-31)32(29-24)20-8-4-3-5-9-20/h3-15H,1-2H3/b19-14+. The van der Waals surface area contributed by atoms with Crippen molar-refractivity contribution >= 4 is 28.9 Å². The van der Waals surface area contributed by atoms with Crippen molar-refractivity contribution in [2.24, 2.45) is 0 Å². The van der Waals surface area contributed by atoms with Crippen molar-refractivity contribution in [3.8, 4) is 23.6 Å². The summed E-state index contributed by atoms with van der Waals surface area (Å²) in [6, 6.07) is 23.3. The highest BCUT2D eigenvalue weighted by atomic mass is 35.5. The SMILES string of the molecule is CN(C)c1ccc(/C=C(\C#N)c2nn(-c3ccccc3)c(-n3cccc3)c2C#N)c(Cl)c1. The van der Waals surface area contributed by atoms with E-state index in [0.29, 0.717) is 27.7 Å². The van der Waals surface area contributed by atoms with E-state index in [1.807, 2.05) is 96.6 Å². The lowest BCUT2D eigenvalue weighted by Gasteiger charge is -2.13. The average molecular weight is 439 g/mol. The summed E-state index contributed by atoms with van der Waals surface area (Å²) in [7, 11) is 3.86. The molecule has 0 saturated carbocycles. The van der Waals surface area contributed by atoms with Gasteiger partial charge in [0.2, 0.25) is 0 Å². The Balaban J connectivity index is 1.92. The number of allylic oxidation sites excluding steroid dienone is 1. The zero-order valence-corrected chi connectivity index (χ0v) is 18.3. The maximum absolute atomic E-state index is 10.0. The topological polar surface area (TPSA) is 73.6 Å². The first-order valence-electron chi connectivity index (χ1n) is 9.84. The Morgan fingerprint density at radius 3 is 2.34 bits per heavy atom. The second-order valence-electron chi connectivity index (χ2n) is 7.27. The van der Waals surface area contributed by atoms with Gasteiger partial charge in [-0.15, -0.1) is 0 Å². The average Bonchev–Trinajstić information content (AvgIpc) is 3.46. The smallest absolute Gasteiger partial charge is 0.159 e. The van der Waals surface area contributed by atoms with E-state index in [1.165, 1.54) is 0 Å². The lowest BCUT2D eigenvalue weighted by atomic mass is 10.1. The highest BCUT2D eigenvalue weighted by molar-refractivity contribution is 6.32. The van der Waals surface area contributed by atoms with E-state index < -0.39 is 0 Å². The summed E-state index contributed by atoms with van der Waals surface area (Å²) in [6.07, 6.45) is 5.35. The van der Waals surface area contributed by atoms with Crippen LogP contribution in [-0.2, 0) is 0 Å². The predicted octanol–water partition coefficient (Wildman–Crippen LogP) is 5.32. The molecule has 0 bridgehead atoms. The first-order chi connectivity index (χ1) is 15.5. The van der Waals surface area contributed by atoms with Crippen molar-refractivity contribution in [2.75, 3.05) is 19.0 Å². The van der Waals surface area contributed by atoms with Crippen LogP contribution in [0.5, 0.6) is 0 Å². The van der Waals surface area contributed by atoms with E-state index in [2.05, 4.69) is 17.2 Å². The molecule has 0 fully saturated rings. The molecule has 2 aromatic carbocycles. The minimum absolute atomic E-state index is 0.254. The number of para-hydroxylation sites is 1. The third-order valence-electron chi connectivity index (χ3n) is 5.00. The molecule has 0 atom stereocenters. The molecule has 0 aliphatic heterocycles. The third kappa shape index (κ3) is 3.88. The molecule has 0 amide bonds. The van der Waals surface area contributed by atoms with Crippen LogP contribution in [0.2, 0.25) is 5.02 Å². The summed E-state index contributed by atoms with van der Waals surface area (Å²) >= 11 is 6.47. The Morgan fingerprint density at radius 2 is 1.75 bits per heavy atom. The van der Waals surface area contributed by atoms with Crippen LogP contribution < -0.4 is 4.90 Å². The number of rotatable bonds is 5. The van der Waals surface area contributed by atoms with E-state index in [0.717, 1.165) is 11.4 Å². The van der Waals surface area contributed by atoms with Gasteiger partial charge in [0.05, 0.1) is 11.3 Å². The maximum atomic E-state index is 10.0. The first-order valence-corrected chi connectivity index (χ1v) is 10.2. The van der Waals surface area contributed by atoms with Gasteiger partial charge in [-0.3, -0.25) is 0 Å². The molecule has 0 N–H and O–H groups in total. The van der Waals surface area contributed by atoms with Gasteiger partial charge < -0.3 is 9.47 Å². The first kappa shape index (κ1) is 21.0. The lowest BCUT2D eigenvalue weighted by molar-refractivity contribution is 0.820. The number of nitriles is 2. The van der Waals surface area contributed by atoms with Crippen LogP contribution >= 0.6 is 11.6 Å². The molecule has 2 aromatic heterocycles. The van der Waals surface area contributed by atoms with Crippen LogP contribution in [-0.4, -0.2) is 28.4 Å². The van der Waals surface area contributed by atoms with Gasteiger partial charge in [0, 0.05) is 37.2 Å². The number of anilines is 1. The van der Waals surface area contributed by atoms with Gasteiger partial charge >= 0.3 is 0 Å². The van der Waals surface area contributed by atoms with Gasteiger partial charge in [-0.05, 0) is 48.0 Å². The maximum Gasteiger partial charge on any atom is 0.159 e. The summed E-state index contributed by atoms with van der Waals surface area (Å²) in [5.41, 5.74) is 3.27. The van der Waals surface area contributed by atoms with Crippen LogP contribution in [0.15, 0.2) is 73.1 Å². The molecular weight excluding hydrogens is 420 g/mol. The molecule has 0 aliphatic carbocycles. The summed E-state index contributed by atoms with van der Waals surface area (Å²) < 4.78 is 3.49. The summed E-state index contributed by atoms with van der Waals surface area (Å²) in [5.74, 6) is 0.564. The number of benzene rings is 2. The second kappa shape index (κ2) is 8.85. The van der Waals surface area contributed by atoms with E-state index in [-0.39, 0.29) is 5.57 Å². The van der Waals surface area contributed by atoms with Gasteiger partial charge in [0.15, 0.2) is 5.82 Å². The Hall–Kier alpha value is -4.26. The quantitative estimate of drug-likeness (QED) is 0.395. The van der Waals surface area contributed by atoms with Gasteiger partial charge in [0.25, 0.3) is 0 Å². The van der Waals surface area contributed by atoms with Crippen molar-refractivity contribution in [2.45, 2.75) is 0 Å². The zero-order chi connectivity index (χ0) is 22.7. The van der Waals surface area contributed by atoms with Gasteiger partial charge in [-0.2, -0.15) is 15.6 Å². The Bertz CT molecular complexity index is 1370. The number of halogens is 1. The van der Waals surface area contributed by atoms with Crippen LogP contribution in [0.25, 0.3) is 23.2 Å². The molecular formula is C25H19ClN6. The van der Waals surface area contributed by atoms with Crippen LogP contribution in [0.3, 0.4) is 0 Å². The molecule has 0 radical (unpaired) electrons. The summed E-state index contributed by atoms with van der Waals surface area (Å²) in [6.45, 7) is 0. The number of aromatic nitrogens is 3. The normalized spacial score (nSPS) is 11.1. The van der Waals surface area contributed by atoms with E-state index in [4.69, 9.17) is 11.6 Å². The van der Waals surface area contributed by atoms with Crippen molar-refractivity contribution in [3.63, 3.8) is 0 Å². The molecule has 32 heavy (non-hydrogen) atoms. The van der Waals surface area contributed by atoms with Crippen molar-refractivity contribution in [3.05, 3.63) is 94.9 Å². The van der Waals surface area contributed by atoms with Crippen LogP contribution in [0.1, 0.15) is 16.8 Å². The predicted molar refractivity (Wildman–Crippen MR) is 127 cm³/mol. The molecule has 0 spiro atoms. The molecule has 0 aliphatic rings. The Labute approximate surface area is 191 Å². The number of nitrogens with zero attached hydrogens (tertiary/aromatic N) is 6. The fourth-order valence-corrected chi connectivity index (χ4v) is 3.61. The molecule has 2 heterocycles. The highest BCUT2D eigenvalue weighted by Gasteiger charge is 2.23. The lowest BCUT2D eigenvalue weighted by Crippen LogP contribution is -2.08. The molecule has 0 unspecified atom stereocenters. The van der Waals surface area contributed by atoms with Crippen molar-refractivity contribution in [1.82, 2.24) is 14.3 Å². The van der Waals surface area contributed by atoms with Crippen molar-refractivity contribution in [1.29, 1.82) is 10.5 Å². The fourth-order valence-electron chi connectivity index (χ4n) is 3.38. The highest BCUT2D eigenvalue weighted by Crippen LogP contribution is 2.30. The molecule has 6 nitrogen and oxygen atoms in total. The monoisotopic (exact) mass is 438 g/mol. The van der Waals surface area contributed by atoms with Crippen molar-refractivity contribution < 1.29 is 0 Å². The van der Waals surface area contributed by atoms with E-state index in [9.17, 15) is 10.5 Å². The minimum Gasteiger partial charge on any atom is -0.378 e. The van der Waals surface area contributed by atoms with Gasteiger partial charge in [0.1, 0.15) is 23.4 Å². The summed E-state index contributed by atoms with van der Waals surface area (Å²) in [4.78, 5) is 1.95. The zero-order valence-electron chi connectivity index (χ0n) is 17.6.